The topological polar surface area (TPSA) is 75.6 Å². The third-order valence-electron chi connectivity index (χ3n) is 3.74. The average molecular weight is 334 g/mol. The minimum atomic E-state index is 0.136. The van der Waals surface area contributed by atoms with Crippen LogP contribution >= 0.6 is 0 Å². The molecule has 0 fully saturated rings. The lowest BCUT2D eigenvalue weighted by Gasteiger charge is -2.19. The zero-order chi connectivity index (χ0) is 17.7. The summed E-state index contributed by atoms with van der Waals surface area (Å²) < 4.78 is 0. The van der Waals surface area contributed by atoms with Gasteiger partial charge in [-0.25, -0.2) is 0 Å². The molecule has 2 heterocycles. The van der Waals surface area contributed by atoms with Gasteiger partial charge in [0.2, 0.25) is 5.95 Å². The normalized spacial score (nSPS) is 11.2. The lowest BCUT2D eigenvalue weighted by Crippen LogP contribution is -2.10. The molecule has 0 saturated carbocycles. The fourth-order valence-electron chi connectivity index (χ4n) is 2.31. The Morgan fingerprint density at radius 3 is 2.48 bits per heavy atom. The van der Waals surface area contributed by atoms with Crippen LogP contribution in [0.2, 0.25) is 0 Å². The zero-order valence-electron chi connectivity index (χ0n) is 14.7. The molecule has 0 unspecified atom stereocenters. The summed E-state index contributed by atoms with van der Waals surface area (Å²) in [6.45, 7) is 7.14. The van der Waals surface area contributed by atoms with Crippen molar-refractivity contribution in [1.29, 1.82) is 0 Å². The van der Waals surface area contributed by atoms with Gasteiger partial charge < -0.3 is 10.6 Å². The number of anilines is 3. The van der Waals surface area contributed by atoms with Gasteiger partial charge in [-0.3, -0.25) is 4.98 Å². The highest BCUT2D eigenvalue weighted by molar-refractivity contribution is 5.56. The molecule has 3 aromatic rings. The molecule has 1 aromatic carbocycles. The van der Waals surface area contributed by atoms with E-state index in [1.165, 1.54) is 5.56 Å². The van der Waals surface area contributed by atoms with Crippen LogP contribution in [0.15, 0.2) is 54.9 Å². The second-order valence-corrected chi connectivity index (χ2v) is 6.79. The van der Waals surface area contributed by atoms with E-state index in [9.17, 15) is 0 Å². The molecule has 0 spiro atoms. The number of pyridine rings is 1. The van der Waals surface area contributed by atoms with Crippen molar-refractivity contribution in [3.63, 3.8) is 0 Å². The summed E-state index contributed by atoms with van der Waals surface area (Å²) in [5.74, 6) is 1.10. The highest BCUT2D eigenvalue weighted by Crippen LogP contribution is 2.24. The van der Waals surface area contributed by atoms with E-state index in [0.29, 0.717) is 18.3 Å². The molecule has 6 nitrogen and oxygen atoms in total. The fourth-order valence-corrected chi connectivity index (χ4v) is 2.31. The molecule has 128 valence electrons. The molecule has 25 heavy (non-hydrogen) atoms. The van der Waals surface area contributed by atoms with Gasteiger partial charge in [-0.15, -0.1) is 5.10 Å². The standard InChI is InChI=1S/C19H22N6/c1-19(2,3)14-7-9-15(10-8-14)23-17-13-22-25-18(24-17)21-12-16-6-4-5-11-20-16/h4-11,13H,12H2,1-3H3,(H2,21,23,24,25). The summed E-state index contributed by atoms with van der Waals surface area (Å²) in [7, 11) is 0. The van der Waals surface area contributed by atoms with Crippen molar-refractivity contribution >= 4 is 17.5 Å². The molecular weight excluding hydrogens is 312 g/mol. The van der Waals surface area contributed by atoms with Gasteiger partial charge in [0, 0.05) is 11.9 Å². The summed E-state index contributed by atoms with van der Waals surface area (Å²) in [4.78, 5) is 8.69. The Kier molecular flexibility index (Phi) is 4.88. The fraction of sp³-hybridized carbons (Fsp3) is 0.263. The summed E-state index contributed by atoms with van der Waals surface area (Å²) >= 11 is 0. The minimum Gasteiger partial charge on any atom is -0.347 e. The van der Waals surface area contributed by atoms with E-state index >= 15 is 0 Å². The first kappa shape index (κ1) is 16.8. The van der Waals surface area contributed by atoms with Crippen molar-refractivity contribution in [2.75, 3.05) is 10.6 Å². The van der Waals surface area contributed by atoms with Crippen LogP contribution in [0.1, 0.15) is 32.0 Å². The van der Waals surface area contributed by atoms with Gasteiger partial charge in [0.05, 0.1) is 18.4 Å². The van der Waals surface area contributed by atoms with Gasteiger partial charge in [0.25, 0.3) is 0 Å². The largest absolute Gasteiger partial charge is 0.347 e. The summed E-state index contributed by atoms with van der Waals surface area (Å²) in [6, 6.07) is 14.1. The SMILES string of the molecule is CC(C)(C)c1ccc(Nc2cnnc(NCc3ccccn3)n2)cc1. The van der Waals surface area contributed by atoms with Crippen molar-refractivity contribution in [2.24, 2.45) is 0 Å². The van der Waals surface area contributed by atoms with Crippen LogP contribution in [0.4, 0.5) is 17.5 Å². The van der Waals surface area contributed by atoms with E-state index in [1.807, 2.05) is 30.3 Å². The number of rotatable bonds is 5. The highest BCUT2D eigenvalue weighted by Gasteiger charge is 2.12. The number of nitrogens with zero attached hydrogens (tertiary/aromatic N) is 4. The van der Waals surface area contributed by atoms with Gasteiger partial charge >= 0.3 is 0 Å². The van der Waals surface area contributed by atoms with Gasteiger partial charge in [-0.1, -0.05) is 39.0 Å². The lowest BCUT2D eigenvalue weighted by atomic mass is 9.87. The molecule has 0 bridgehead atoms. The van der Waals surface area contributed by atoms with Gasteiger partial charge in [0.15, 0.2) is 5.82 Å². The Morgan fingerprint density at radius 1 is 1.00 bits per heavy atom. The molecule has 0 saturated heterocycles. The molecule has 3 rings (SSSR count). The van der Waals surface area contributed by atoms with Crippen LogP contribution in [-0.4, -0.2) is 20.2 Å². The number of aromatic nitrogens is 4. The van der Waals surface area contributed by atoms with Crippen LogP contribution in [0.5, 0.6) is 0 Å². The van der Waals surface area contributed by atoms with E-state index in [2.05, 4.69) is 63.7 Å². The van der Waals surface area contributed by atoms with E-state index in [0.717, 1.165) is 11.4 Å². The zero-order valence-corrected chi connectivity index (χ0v) is 14.7. The Bertz CT molecular complexity index is 809. The molecule has 0 radical (unpaired) electrons. The Labute approximate surface area is 147 Å². The van der Waals surface area contributed by atoms with E-state index in [4.69, 9.17) is 0 Å². The smallest absolute Gasteiger partial charge is 0.245 e. The minimum absolute atomic E-state index is 0.136. The molecule has 0 aliphatic rings. The first-order valence-electron chi connectivity index (χ1n) is 8.22. The van der Waals surface area contributed by atoms with Crippen molar-refractivity contribution in [3.8, 4) is 0 Å². The maximum atomic E-state index is 4.43. The Hall–Kier alpha value is -3.02. The molecule has 0 atom stereocenters. The van der Waals surface area contributed by atoms with Crippen LogP contribution in [-0.2, 0) is 12.0 Å². The third-order valence-corrected chi connectivity index (χ3v) is 3.74. The van der Waals surface area contributed by atoms with Gasteiger partial charge in [-0.05, 0) is 35.2 Å². The number of hydrogen-bond acceptors (Lipinski definition) is 6. The lowest BCUT2D eigenvalue weighted by molar-refractivity contribution is 0.590. The van der Waals surface area contributed by atoms with E-state index in [1.54, 1.807) is 12.4 Å². The number of nitrogens with one attached hydrogen (secondary N) is 2. The Balaban J connectivity index is 1.65. The maximum Gasteiger partial charge on any atom is 0.245 e. The average Bonchev–Trinajstić information content (AvgIpc) is 2.61. The molecule has 0 aliphatic heterocycles. The van der Waals surface area contributed by atoms with Crippen LogP contribution in [0.25, 0.3) is 0 Å². The van der Waals surface area contributed by atoms with Crippen LogP contribution in [0.3, 0.4) is 0 Å². The van der Waals surface area contributed by atoms with Gasteiger partial charge in [-0.2, -0.15) is 10.1 Å². The predicted molar refractivity (Wildman–Crippen MR) is 99.8 cm³/mol. The summed E-state index contributed by atoms with van der Waals surface area (Å²) in [6.07, 6.45) is 3.36. The molecule has 2 N–H and O–H groups in total. The molecule has 2 aromatic heterocycles. The van der Waals surface area contributed by atoms with Crippen molar-refractivity contribution in [1.82, 2.24) is 20.2 Å². The van der Waals surface area contributed by atoms with E-state index in [-0.39, 0.29) is 5.41 Å². The third kappa shape index (κ3) is 4.73. The first-order chi connectivity index (χ1) is 12.0. The molecular formula is C19H22N6. The molecule has 0 amide bonds. The molecule has 0 aliphatic carbocycles. The molecule has 6 heteroatoms. The van der Waals surface area contributed by atoms with Crippen LogP contribution < -0.4 is 10.6 Å². The quantitative estimate of drug-likeness (QED) is 0.736. The van der Waals surface area contributed by atoms with Crippen LogP contribution in [0, 0.1) is 0 Å². The second-order valence-electron chi connectivity index (χ2n) is 6.79. The summed E-state index contributed by atoms with van der Waals surface area (Å²) in [5, 5.41) is 14.4. The van der Waals surface area contributed by atoms with E-state index < -0.39 is 0 Å². The second kappa shape index (κ2) is 7.25. The monoisotopic (exact) mass is 334 g/mol. The summed E-state index contributed by atoms with van der Waals surface area (Å²) in [5.41, 5.74) is 3.31. The van der Waals surface area contributed by atoms with Crippen molar-refractivity contribution < 1.29 is 0 Å². The first-order valence-corrected chi connectivity index (χ1v) is 8.22. The predicted octanol–water partition coefficient (Wildman–Crippen LogP) is 3.92. The maximum absolute atomic E-state index is 4.43. The Morgan fingerprint density at radius 2 is 1.80 bits per heavy atom. The highest BCUT2D eigenvalue weighted by atomic mass is 15.3. The van der Waals surface area contributed by atoms with Crippen molar-refractivity contribution in [3.05, 3.63) is 66.1 Å². The van der Waals surface area contributed by atoms with Crippen molar-refractivity contribution in [2.45, 2.75) is 32.7 Å². The van der Waals surface area contributed by atoms with Gasteiger partial charge in [0.1, 0.15) is 0 Å². The number of hydrogen-bond donors (Lipinski definition) is 2. The number of benzene rings is 1.